The van der Waals surface area contributed by atoms with Crippen LogP contribution in [0.5, 0.6) is 0 Å². The summed E-state index contributed by atoms with van der Waals surface area (Å²) in [4.78, 5) is 28.0. The molecule has 0 atom stereocenters. The highest BCUT2D eigenvalue weighted by Crippen LogP contribution is 2.30. The van der Waals surface area contributed by atoms with E-state index >= 15 is 0 Å². The summed E-state index contributed by atoms with van der Waals surface area (Å²) in [6, 6.07) is 9.19. The van der Waals surface area contributed by atoms with Gasteiger partial charge in [0.15, 0.2) is 0 Å². The number of rotatable bonds is 4. The number of hydrogen-bond donors (Lipinski definition) is 0. The van der Waals surface area contributed by atoms with E-state index < -0.39 is 5.82 Å². The SMILES string of the molecule is CN(Cc1c(F)cccc1Cl)C(=O)c1ccc(Cl)cc1N1CCCC1=O. The monoisotopic (exact) mass is 394 g/mol. The summed E-state index contributed by atoms with van der Waals surface area (Å²) >= 11 is 12.1. The van der Waals surface area contributed by atoms with Crippen molar-refractivity contribution in [1.29, 1.82) is 0 Å². The van der Waals surface area contributed by atoms with E-state index in [4.69, 9.17) is 23.2 Å². The van der Waals surface area contributed by atoms with Gasteiger partial charge < -0.3 is 9.80 Å². The molecule has 0 aromatic heterocycles. The predicted octanol–water partition coefficient (Wildman–Crippen LogP) is 4.53. The first kappa shape index (κ1) is 18.7. The Hall–Kier alpha value is -2.11. The number of benzene rings is 2. The van der Waals surface area contributed by atoms with Crippen LogP contribution in [0.2, 0.25) is 10.0 Å². The van der Waals surface area contributed by atoms with Crippen LogP contribution in [0.25, 0.3) is 0 Å². The summed E-state index contributed by atoms with van der Waals surface area (Å²) in [6.07, 6.45) is 1.18. The summed E-state index contributed by atoms with van der Waals surface area (Å²) in [6.45, 7) is 0.558. The minimum atomic E-state index is -0.469. The first-order valence-corrected chi connectivity index (χ1v) is 8.92. The molecule has 7 heteroatoms. The Balaban J connectivity index is 1.91. The minimum Gasteiger partial charge on any atom is -0.337 e. The number of carbonyl (C=O) groups excluding carboxylic acids is 2. The van der Waals surface area contributed by atoms with Crippen molar-refractivity contribution in [1.82, 2.24) is 4.90 Å². The fourth-order valence-corrected chi connectivity index (χ4v) is 3.40. The van der Waals surface area contributed by atoms with Gasteiger partial charge in [-0.1, -0.05) is 29.3 Å². The van der Waals surface area contributed by atoms with E-state index in [-0.39, 0.29) is 28.9 Å². The van der Waals surface area contributed by atoms with E-state index in [1.165, 1.54) is 17.0 Å². The number of hydrogen-bond acceptors (Lipinski definition) is 2. The van der Waals surface area contributed by atoms with Crippen LogP contribution in [0, 0.1) is 5.82 Å². The zero-order chi connectivity index (χ0) is 18.8. The third kappa shape index (κ3) is 3.69. The second-order valence-electron chi connectivity index (χ2n) is 6.17. The number of nitrogens with zero attached hydrogens (tertiary/aromatic N) is 2. The molecule has 3 rings (SSSR count). The molecule has 0 bridgehead atoms. The van der Waals surface area contributed by atoms with Crippen molar-refractivity contribution in [3.05, 3.63) is 63.4 Å². The maximum absolute atomic E-state index is 14.0. The lowest BCUT2D eigenvalue weighted by Crippen LogP contribution is -2.31. The van der Waals surface area contributed by atoms with Gasteiger partial charge in [-0.15, -0.1) is 0 Å². The van der Waals surface area contributed by atoms with Crippen LogP contribution in [0.3, 0.4) is 0 Å². The van der Waals surface area contributed by atoms with Gasteiger partial charge in [-0.3, -0.25) is 9.59 Å². The first-order chi connectivity index (χ1) is 12.4. The van der Waals surface area contributed by atoms with Crippen LogP contribution in [0.4, 0.5) is 10.1 Å². The molecule has 1 aliphatic rings. The van der Waals surface area contributed by atoms with Crippen LogP contribution >= 0.6 is 23.2 Å². The van der Waals surface area contributed by atoms with Crippen molar-refractivity contribution >= 4 is 40.7 Å². The van der Waals surface area contributed by atoms with Crippen molar-refractivity contribution < 1.29 is 14.0 Å². The third-order valence-electron chi connectivity index (χ3n) is 4.36. The molecule has 2 amide bonds. The topological polar surface area (TPSA) is 40.6 Å². The Morgan fingerprint density at radius 3 is 2.69 bits per heavy atom. The van der Waals surface area contributed by atoms with E-state index in [0.29, 0.717) is 29.2 Å². The quantitative estimate of drug-likeness (QED) is 0.763. The van der Waals surface area contributed by atoms with E-state index in [1.807, 2.05) is 0 Å². The summed E-state index contributed by atoms with van der Waals surface area (Å²) in [5, 5.41) is 0.701. The fraction of sp³-hybridized carbons (Fsp3) is 0.263. The average Bonchev–Trinajstić information content (AvgIpc) is 3.03. The van der Waals surface area contributed by atoms with Gasteiger partial charge in [-0.25, -0.2) is 4.39 Å². The predicted molar refractivity (Wildman–Crippen MR) is 100 cm³/mol. The molecular formula is C19H17Cl2FN2O2. The molecule has 0 spiro atoms. The second kappa shape index (κ2) is 7.64. The lowest BCUT2D eigenvalue weighted by molar-refractivity contribution is -0.117. The second-order valence-corrected chi connectivity index (χ2v) is 7.02. The Kier molecular flexibility index (Phi) is 5.49. The molecule has 2 aromatic rings. The van der Waals surface area contributed by atoms with E-state index in [1.54, 1.807) is 36.2 Å². The molecule has 1 aliphatic heterocycles. The molecule has 1 saturated heterocycles. The van der Waals surface area contributed by atoms with Crippen molar-refractivity contribution in [2.75, 3.05) is 18.5 Å². The molecule has 0 unspecified atom stereocenters. The molecule has 0 saturated carbocycles. The highest BCUT2D eigenvalue weighted by Gasteiger charge is 2.27. The van der Waals surface area contributed by atoms with Crippen molar-refractivity contribution in [3.63, 3.8) is 0 Å². The number of amides is 2. The Labute approximate surface area is 161 Å². The van der Waals surface area contributed by atoms with E-state index in [9.17, 15) is 14.0 Å². The van der Waals surface area contributed by atoms with Crippen LogP contribution in [0.1, 0.15) is 28.8 Å². The average molecular weight is 395 g/mol. The smallest absolute Gasteiger partial charge is 0.256 e. The molecule has 0 N–H and O–H groups in total. The van der Waals surface area contributed by atoms with Crippen LogP contribution in [-0.2, 0) is 11.3 Å². The lowest BCUT2D eigenvalue weighted by Gasteiger charge is -2.23. The largest absolute Gasteiger partial charge is 0.337 e. The highest BCUT2D eigenvalue weighted by molar-refractivity contribution is 6.31. The molecule has 0 aliphatic carbocycles. The molecule has 136 valence electrons. The Morgan fingerprint density at radius 1 is 1.27 bits per heavy atom. The van der Waals surface area contributed by atoms with Gasteiger partial charge >= 0.3 is 0 Å². The maximum Gasteiger partial charge on any atom is 0.256 e. The van der Waals surface area contributed by atoms with Crippen molar-refractivity contribution in [2.24, 2.45) is 0 Å². The van der Waals surface area contributed by atoms with Gasteiger partial charge in [-0.05, 0) is 36.8 Å². The van der Waals surface area contributed by atoms with Crippen LogP contribution < -0.4 is 4.90 Å². The minimum absolute atomic E-state index is 0.0142. The van der Waals surface area contributed by atoms with E-state index in [0.717, 1.165) is 6.42 Å². The Morgan fingerprint density at radius 2 is 2.04 bits per heavy atom. The lowest BCUT2D eigenvalue weighted by atomic mass is 10.1. The van der Waals surface area contributed by atoms with E-state index in [2.05, 4.69) is 0 Å². The molecule has 4 nitrogen and oxygen atoms in total. The molecule has 26 heavy (non-hydrogen) atoms. The fourth-order valence-electron chi connectivity index (χ4n) is 3.01. The molecule has 0 radical (unpaired) electrons. The molecule has 1 heterocycles. The molecular weight excluding hydrogens is 378 g/mol. The zero-order valence-corrected chi connectivity index (χ0v) is 15.6. The van der Waals surface area contributed by atoms with Crippen LogP contribution in [0.15, 0.2) is 36.4 Å². The first-order valence-electron chi connectivity index (χ1n) is 8.16. The molecule has 1 fully saturated rings. The van der Waals surface area contributed by atoms with Gasteiger partial charge in [0, 0.05) is 42.2 Å². The number of anilines is 1. The van der Waals surface area contributed by atoms with Gasteiger partial charge in [-0.2, -0.15) is 0 Å². The van der Waals surface area contributed by atoms with Crippen LogP contribution in [-0.4, -0.2) is 30.3 Å². The summed E-state index contributed by atoms with van der Waals surface area (Å²) in [7, 11) is 1.56. The van der Waals surface area contributed by atoms with Gasteiger partial charge in [0.1, 0.15) is 5.82 Å². The summed E-state index contributed by atoms with van der Waals surface area (Å²) in [5.41, 5.74) is 1.08. The normalized spacial score (nSPS) is 14.0. The zero-order valence-electron chi connectivity index (χ0n) is 14.1. The standard InChI is InChI=1S/C19H17Cl2FN2O2/c1-23(11-14-15(21)4-2-5-16(14)22)19(26)13-8-7-12(20)10-17(13)24-9-3-6-18(24)25/h2,4-5,7-8,10H,3,6,9,11H2,1H3. The third-order valence-corrected chi connectivity index (χ3v) is 4.95. The molecule has 2 aromatic carbocycles. The van der Waals surface area contributed by atoms with Crippen molar-refractivity contribution in [3.8, 4) is 0 Å². The summed E-state index contributed by atoms with van der Waals surface area (Å²) < 4.78 is 14.0. The number of carbonyl (C=O) groups is 2. The van der Waals surface area contributed by atoms with Gasteiger partial charge in [0.05, 0.1) is 11.3 Å². The highest BCUT2D eigenvalue weighted by atomic mass is 35.5. The Bertz CT molecular complexity index is 852. The number of halogens is 3. The van der Waals surface area contributed by atoms with Gasteiger partial charge in [0.2, 0.25) is 5.91 Å². The summed E-state index contributed by atoms with van der Waals surface area (Å²) in [5.74, 6) is -0.847. The van der Waals surface area contributed by atoms with Crippen molar-refractivity contribution in [2.45, 2.75) is 19.4 Å². The van der Waals surface area contributed by atoms with Gasteiger partial charge in [0.25, 0.3) is 5.91 Å². The maximum atomic E-state index is 14.0.